The smallest absolute Gasteiger partial charge is 0.296 e. The maximum atomic E-state index is 10.8. The predicted molar refractivity (Wildman–Crippen MR) is 116 cm³/mol. The molecular formula is C18H24N6O3S. The number of benzene rings is 3. The number of nitrogen functional groups attached to an aromatic ring is 6. The summed E-state index contributed by atoms with van der Waals surface area (Å²) in [4.78, 5) is -0.540. The van der Waals surface area contributed by atoms with Gasteiger partial charge < -0.3 is 34.4 Å². The summed E-state index contributed by atoms with van der Waals surface area (Å²) in [6.45, 7) is 0. The first kappa shape index (κ1) is 22.4. The lowest BCUT2D eigenvalue weighted by molar-refractivity contribution is 0.483. The molecule has 3 aromatic rings. The minimum Gasteiger partial charge on any atom is -0.399 e. The van der Waals surface area contributed by atoms with E-state index < -0.39 is 15.0 Å². The summed E-state index contributed by atoms with van der Waals surface area (Å²) in [6.07, 6.45) is 0. The van der Waals surface area contributed by atoms with Gasteiger partial charge in [-0.05, 0) is 30.3 Å². The zero-order valence-electron chi connectivity index (χ0n) is 15.0. The van der Waals surface area contributed by atoms with Gasteiger partial charge in [-0.2, -0.15) is 8.42 Å². The van der Waals surface area contributed by atoms with Crippen molar-refractivity contribution in [2.45, 2.75) is 4.90 Å². The maximum Gasteiger partial charge on any atom is 0.296 e. The van der Waals surface area contributed by atoms with E-state index in [9.17, 15) is 8.42 Å². The topological polar surface area (TPSA) is 210 Å². The molecule has 0 saturated heterocycles. The van der Waals surface area contributed by atoms with Gasteiger partial charge in [-0.15, -0.1) is 0 Å². The molecule has 9 nitrogen and oxygen atoms in total. The monoisotopic (exact) mass is 404 g/mol. The molecule has 0 saturated carbocycles. The van der Waals surface area contributed by atoms with E-state index in [0.717, 1.165) is 17.4 Å². The van der Waals surface area contributed by atoms with Gasteiger partial charge in [0.1, 0.15) is 4.90 Å². The molecule has 13 N–H and O–H groups in total. The third-order valence-electron chi connectivity index (χ3n) is 3.32. The molecular weight excluding hydrogens is 380 g/mol. The van der Waals surface area contributed by atoms with Crippen molar-refractivity contribution in [1.29, 1.82) is 0 Å². The Morgan fingerprint density at radius 1 is 0.607 bits per heavy atom. The molecule has 0 bridgehead atoms. The Morgan fingerprint density at radius 2 is 1.00 bits per heavy atom. The van der Waals surface area contributed by atoms with E-state index in [0.29, 0.717) is 0 Å². The number of anilines is 6. The standard InChI is InChI=1S/C6H10N4O3S.2C6H7N/c7-2-1-3(14(11,12)13)5(9)6(10)4(2)8;2*7-6-4-2-1-3-5-6/h1H,7-10H2,(H,11,12,13);2*1-5H,7H2. The molecule has 0 atom stereocenters. The first-order valence-electron chi connectivity index (χ1n) is 7.85. The van der Waals surface area contributed by atoms with E-state index in [1.807, 2.05) is 60.7 Å². The first-order chi connectivity index (χ1) is 13.0. The molecule has 0 amide bonds. The van der Waals surface area contributed by atoms with Crippen LogP contribution in [0.4, 0.5) is 34.1 Å². The molecule has 0 aliphatic heterocycles. The Balaban J connectivity index is 0.000000233. The number of hydrogen-bond donors (Lipinski definition) is 7. The van der Waals surface area contributed by atoms with Crippen LogP contribution in [-0.2, 0) is 10.1 Å². The fourth-order valence-electron chi connectivity index (χ4n) is 1.85. The summed E-state index contributed by atoms with van der Waals surface area (Å²) >= 11 is 0. The summed E-state index contributed by atoms with van der Waals surface area (Å²) in [7, 11) is -4.44. The SMILES string of the molecule is Nc1cc(S(=O)(=O)O)c(N)c(N)c1N.Nc1ccccc1.Nc1ccccc1. The van der Waals surface area contributed by atoms with Gasteiger partial charge in [0.05, 0.1) is 22.7 Å². The van der Waals surface area contributed by atoms with Crippen LogP contribution in [0.3, 0.4) is 0 Å². The van der Waals surface area contributed by atoms with Gasteiger partial charge >= 0.3 is 0 Å². The Labute approximate surface area is 163 Å². The zero-order valence-corrected chi connectivity index (χ0v) is 15.8. The summed E-state index contributed by atoms with van der Waals surface area (Å²) in [6, 6.07) is 19.9. The predicted octanol–water partition coefficient (Wildman–Crippen LogP) is 1.80. The van der Waals surface area contributed by atoms with Crippen molar-refractivity contribution in [2.24, 2.45) is 0 Å². The van der Waals surface area contributed by atoms with Crippen LogP contribution in [0.2, 0.25) is 0 Å². The molecule has 150 valence electrons. The minimum absolute atomic E-state index is 0.00472. The van der Waals surface area contributed by atoms with E-state index in [1.54, 1.807) is 0 Å². The summed E-state index contributed by atoms with van der Waals surface area (Å²) in [5, 5.41) is 0. The van der Waals surface area contributed by atoms with Crippen LogP contribution in [0.25, 0.3) is 0 Å². The van der Waals surface area contributed by atoms with Crippen LogP contribution < -0.4 is 34.4 Å². The van der Waals surface area contributed by atoms with Gasteiger partial charge in [0.2, 0.25) is 0 Å². The summed E-state index contributed by atoms with van der Waals surface area (Å²) in [5.41, 5.74) is 33.3. The van der Waals surface area contributed by atoms with E-state index >= 15 is 0 Å². The van der Waals surface area contributed by atoms with Gasteiger partial charge in [0.25, 0.3) is 10.1 Å². The van der Waals surface area contributed by atoms with Crippen LogP contribution in [0.1, 0.15) is 0 Å². The van der Waals surface area contributed by atoms with Crippen LogP contribution in [-0.4, -0.2) is 13.0 Å². The fraction of sp³-hybridized carbons (Fsp3) is 0. The van der Waals surface area contributed by atoms with Crippen molar-refractivity contribution in [3.05, 3.63) is 66.7 Å². The molecule has 0 aliphatic carbocycles. The Morgan fingerprint density at radius 3 is 1.29 bits per heavy atom. The molecule has 0 aromatic heterocycles. The summed E-state index contributed by atoms with van der Waals surface area (Å²) in [5.74, 6) is 0. The van der Waals surface area contributed by atoms with Gasteiger partial charge in [0.15, 0.2) is 0 Å². The van der Waals surface area contributed by atoms with Crippen molar-refractivity contribution < 1.29 is 13.0 Å². The van der Waals surface area contributed by atoms with Gasteiger partial charge in [-0.3, -0.25) is 4.55 Å². The van der Waals surface area contributed by atoms with Gasteiger partial charge in [0, 0.05) is 11.4 Å². The van der Waals surface area contributed by atoms with Crippen molar-refractivity contribution in [3.8, 4) is 0 Å². The third-order valence-corrected chi connectivity index (χ3v) is 4.21. The van der Waals surface area contributed by atoms with Gasteiger partial charge in [-0.1, -0.05) is 36.4 Å². The van der Waals surface area contributed by atoms with E-state index in [-0.39, 0.29) is 22.7 Å². The van der Waals surface area contributed by atoms with Crippen LogP contribution in [0.5, 0.6) is 0 Å². The molecule has 3 aromatic carbocycles. The lowest BCUT2D eigenvalue weighted by atomic mass is 10.2. The molecule has 0 fully saturated rings. The average Bonchev–Trinajstić information content (AvgIpc) is 2.64. The van der Waals surface area contributed by atoms with E-state index in [1.165, 1.54) is 0 Å². The highest BCUT2D eigenvalue weighted by atomic mass is 32.2. The average molecular weight is 404 g/mol. The Bertz CT molecular complexity index is 959. The minimum atomic E-state index is -4.44. The van der Waals surface area contributed by atoms with Crippen molar-refractivity contribution in [2.75, 3.05) is 34.4 Å². The highest BCUT2D eigenvalue weighted by Gasteiger charge is 2.19. The van der Waals surface area contributed by atoms with Crippen molar-refractivity contribution >= 4 is 44.2 Å². The number of para-hydroxylation sites is 2. The fourth-order valence-corrected chi connectivity index (χ4v) is 2.51. The second-order valence-electron chi connectivity index (χ2n) is 5.50. The second kappa shape index (κ2) is 9.90. The van der Waals surface area contributed by atoms with Crippen LogP contribution in [0, 0.1) is 0 Å². The number of rotatable bonds is 1. The Hall–Kier alpha value is -3.63. The van der Waals surface area contributed by atoms with Crippen molar-refractivity contribution in [1.82, 2.24) is 0 Å². The zero-order chi connectivity index (χ0) is 21.3. The largest absolute Gasteiger partial charge is 0.399 e. The highest BCUT2D eigenvalue weighted by Crippen LogP contribution is 2.34. The molecule has 28 heavy (non-hydrogen) atoms. The maximum absolute atomic E-state index is 10.8. The molecule has 0 heterocycles. The molecule has 0 aliphatic rings. The summed E-state index contributed by atoms with van der Waals surface area (Å²) < 4.78 is 30.3. The molecule has 3 rings (SSSR count). The van der Waals surface area contributed by atoms with Gasteiger partial charge in [-0.25, -0.2) is 0 Å². The van der Waals surface area contributed by atoms with Crippen molar-refractivity contribution in [3.63, 3.8) is 0 Å². The van der Waals surface area contributed by atoms with Crippen LogP contribution in [0.15, 0.2) is 71.6 Å². The second-order valence-corrected chi connectivity index (χ2v) is 6.89. The lowest BCUT2D eigenvalue weighted by Gasteiger charge is -2.10. The Kier molecular flexibility index (Phi) is 7.92. The number of nitrogens with two attached hydrogens (primary N) is 6. The highest BCUT2D eigenvalue weighted by molar-refractivity contribution is 7.86. The van der Waals surface area contributed by atoms with E-state index in [4.69, 9.17) is 39.0 Å². The third kappa shape index (κ3) is 6.94. The first-order valence-corrected chi connectivity index (χ1v) is 9.29. The lowest BCUT2D eigenvalue weighted by Crippen LogP contribution is -2.10. The normalized spacial score (nSPS) is 10.0. The number of hydrogen-bond acceptors (Lipinski definition) is 8. The molecule has 0 unspecified atom stereocenters. The van der Waals surface area contributed by atoms with E-state index in [2.05, 4.69) is 0 Å². The van der Waals surface area contributed by atoms with Crippen LogP contribution >= 0.6 is 0 Å². The molecule has 0 spiro atoms. The molecule has 10 heteroatoms. The molecule has 0 radical (unpaired) electrons. The quantitative estimate of drug-likeness (QED) is 0.232.